The van der Waals surface area contributed by atoms with Crippen LogP contribution in [0.5, 0.6) is 0 Å². The first-order valence-corrected chi connectivity index (χ1v) is 7.24. The van der Waals surface area contributed by atoms with Gasteiger partial charge in [0, 0.05) is 12.3 Å². The van der Waals surface area contributed by atoms with Crippen LogP contribution in [0, 0.1) is 5.92 Å². The van der Waals surface area contributed by atoms with Gasteiger partial charge in [-0.2, -0.15) is 0 Å². The number of benzene rings is 1. The molecule has 6 nitrogen and oxygen atoms in total. The molecule has 0 unspecified atom stereocenters. The Hall–Kier alpha value is -2.37. The van der Waals surface area contributed by atoms with Crippen LogP contribution < -0.4 is 0 Å². The topological polar surface area (TPSA) is 83.9 Å². The number of rotatable bonds is 6. The molecule has 6 heteroatoms. The van der Waals surface area contributed by atoms with Gasteiger partial charge >= 0.3 is 12.1 Å². The van der Waals surface area contributed by atoms with Gasteiger partial charge in [0.15, 0.2) is 0 Å². The molecule has 2 amide bonds. The predicted molar refractivity (Wildman–Crippen MR) is 78.2 cm³/mol. The smallest absolute Gasteiger partial charge is 0.416 e. The number of carboxylic acids is 1. The van der Waals surface area contributed by atoms with E-state index in [1.165, 1.54) is 0 Å². The normalized spacial score (nSPS) is 18.9. The highest BCUT2D eigenvalue weighted by atomic mass is 16.6. The number of imide groups is 1. The zero-order valence-corrected chi connectivity index (χ0v) is 12.4. The molecule has 22 heavy (non-hydrogen) atoms. The molecule has 0 radical (unpaired) electrons. The Labute approximate surface area is 128 Å². The Kier molecular flexibility index (Phi) is 5.14. The monoisotopic (exact) mass is 305 g/mol. The fourth-order valence-electron chi connectivity index (χ4n) is 2.47. The first-order valence-electron chi connectivity index (χ1n) is 7.24. The first-order chi connectivity index (χ1) is 10.5. The number of carbonyl (C=O) groups excluding carboxylic acids is 2. The molecular formula is C16H19NO5. The highest BCUT2D eigenvalue weighted by Gasteiger charge is 2.39. The Morgan fingerprint density at radius 3 is 2.68 bits per heavy atom. The third-order valence-electron chi connectivity index (χ3n) is 3.73. The summed E-state index contributed by atoms with van der Waals surface area (Å²) in [7, 11) is 0. The van der Waals surface area contributed by atoms with Crippen molar-refractivity contribution in [3.05, 3.63) is 35.9 Å². The van der Waals surface area contributed by atoms with Gasteiger partial charge in [-0.3, -0.25) is 9.59 Å². The van der Waals surface area contributed by atoms with E-state index in [2.05, 4.69) is 0 Å². The maximum absolute atomic E-state index is 12.4. The van der Waals surface area contributed by atoms with E-state index in [0.29, 0.717) is 6.42 Å². The van der Waals surface area contributed by atoms with E-state index in [1.807, 2.05) is 30.3 Å². The molecule has 1 N–H and O–H groups in total. The van der Waals surface area contributed by atoms with E-state index in [-0.39, 0.29) is 31.4 Å². The summed E-state index contributed by atoms with van der Waals surface area (Å²) in [6.07, 6.45) is -0.00726. The van der Waals surface area contributed by atoms with E-state index >= 15 is 0 Å². The average Bonchev–Trinajstić information content (AvgIpc) is 2.85. The number of carbonyl (C=O) groups is 3. The number of hydrogen-bond acceptors (Lipinski definition) is 4. The van der Waals surface area contributed by atoms with Crippen molar-refractivity contribution in [3.63, 3.8) is 0 Å². The molecule has 1 aliphatic rings. The molecule has 0 saturated carbocycles. The number of cyclic esters (lactones) is 1. The van der Waals surface area contributed by atoms with Gasteiger partial charge in [0.1, 0.15) is 6.61 Å². The van der Waals surface area contributed by atoms with Gasteiger partial charge in [-0.1, -0.05) is 37.3 Å². The second-order valence-corrected chi connectivity index (χ2v) is 5.46. The molecule has 0 aromatic heterocycles. The summed E-state index contributed by atoms with van der Waals surface area (Å²) in [6.45, 7) is 1.81. The summed E-state index contributed by atoms with van der Waals surface area (Å²) in [6, 6.07) is 9.22. The molecule has 0 spiro atoms. The summed E-state index contributed by atoms with van der Waals surface area (Å²) < 4.78 is 5.00. The average molecular weight is 305 g/mol. The van der Waals surface area contributed by atoms with Crippen molar-refractivity contribution in [1.82, 2.24) is 4.90 Å². The minimum Gasteiger partial charge on any atom is -0.481 e. The van der Waals surface area contributed by atoms with Crippen molar-refractivity contribution in [2.45, 2.75) is 32.2 Å². The Bertz CT molecular complexity index is 557. The van der Waals surface area contributed by atoms with Crippen LogP contribution in [0.2, 0.25) is 0 Å². The standard InChI is InChI=1S/C16H19NO5/c1-11(7-8-14(18)19)15(20)17-13(10-22-16(17)21)9-12-5-3-2-4-6-12/h2-6,11,13H,7-10H2,1H3,(H,18,19)/t11-,13+/m0/s1. The fraction of sp³-hybridized carbons (Fsp3) is 0.438. The number of carboxylic acid groups (broad SMARTS) is 1. The van der Waals surface area contributed by atoms with E-state index in [4.69, 9.17) is 9.84 Å². The van der Waals surface area contributed by atoms with Crippen LogP contribution in [-0.4, -0.2) is 40.6 Å². The van der Waals surface area contributed by atoms with Crippen LogP contribution in [0.15, 0.2) is 30.3 Å². The third-order valence-corrected chi connectivity index (χ3v) is 3.73. The van der Waals surface area contributed by atoms with Gasteiger partial charge in [0.2, 0.25) is 5.91 Å². The van der Waals surface area contributed by atoms with Crippen molar-refractivity contribution in [2.75, 3.05) is 6.61 Å². The minimum atomic E-state index is -0.954. The Morgan fingerprint density at radius 1 is 1.36 bits per heavy atom. The van der Waals surface area contributed by atoms with Gasteiger partial charge in [0.25, 0.3) is 0 Å². The molecule has 0 bridgehead atoms. The van der Waals surface area contributed by atoms with E-state index < -0.39 is 18.0 Å². The van der Waals surface area contributed by atoms with E-state index in [0.717, 1.165) is 10.5 Å². The summed E-state index contributed by atoms with van der Waals surface area (Å²) in [5.41, 5.74) is 1.02. The maximum atomic E-state index is 12.4. The predicted octanol–water partition coefficient (Wildman–Crippen LogP) is 2.08. The third kappa shape index (κ3) is 3.84. The number of amides is 2. The number of hydrogen-bond donors (Lipinski definition) is 1. The van der Waals surface area contributed by atoms with Crippen LogP contribution in [0.1, 0.15) is 25.3 Å². The summed E-state index contributed by atoms with van der Waals surface area (Å²) in [5, 5.41) is 8.69. The molecule has 1 aromatic rings. The van der Waals surface area contributed by atoms with Gasteiger partial charge in [0.05, 0.1) is 6.04 Å². The lowest BCUT2D eigenvalue weighted by Crippen LogP contribution is -2.43. The van der Waals surface area contributed by atoms with Gasteiger partial charge in [-0.15, -0.1) is 0 Å². The molecule has 1 saturated heterocycles. The molecule has 1 heterocycles. The highest BCUT2D eigenvalue weighted by molar-refractivity contribution is 5.94. The van der Waals surface area contributed by atoms with Crippen molar-refractivity contribution < 1.29 is 24.2 Å². The molecule has 118 valence electrons. The van der Waals surface area contributed by atoms with E-state index in [1.54, 1.807) is 6.92 Å². The lowest BCUT2D eigenvalue weighted by molar-refractivity contribution is -0.138. The Balaban J connectivity index is 2.04. The molecule has 2 rings (SSSR count). The number of ether oxygens (including phenoxy) is 1. The molecule has 2 atom stereocenters. The maximum Gasteiger partial charge on any atom is 0.416 e. The lowest BCUT2D eigenvalue weighted by Gasteiger charge is -2.22. The molecule has 0 aliphatic carbocycles. The second kappa shape index (κ2) is 7.06. The quantitative estimate of drug-likeness (QED) is 0.870. The van der Waals surface area contributed by atoms with Crippen molar-refractivity contribution in [3.8, 4) is 0 Å². The van der Waals surface area contributed by atoms with Crippen molar-refractivity contribution in [1.29, 1.82) is 0 Å². The van der Waals surface area contributed by atoms with Gasteiger partial charge in [-0.05, 0) is 18.4 Å². The molecule has 1 aliphatic heterocycles. The zero-order chi connectivity index (χ0) is 16.1. The van der Waals surface area contributed by atoms with Crippen molar-refractivity contribution in [2.24, 2.45) is 5.92 Å². The summed E-state index contributed by atoms with van der Waals surface area (Å²) >= 11 is 0. The second-order valence-electron chi connectivity index (χ2n) is 5.46. The van der Waals surface area contributed by atoms with Crippen LogP contribution in [-0.2, 0) is 20.7 Å². The van der Waals surface area contributed by atoms with Gasteiger partial charge in [-0.25, -0.2) is 9.69 Å². The summed E-state index contributed by atoms with van der Waals surface area (Å²) in [4.78, 5) is 36.0. The van der Waals surface area contributed by atoms with Crippen LogP contribution in [0.25, 0.3) is 0 Å². The highest BCUT2D eigenvalue weighted by Crippen LogP contribution is 2.21. The van der Waals surface area contributed by atoms with Gasteiger partial charge < -0.3 is 9.84 Å². The minimum absolute atomic E-state index is 0.0981. The van der Waals surface area contributed by atoms with Crippen molar-refractivity contribution >= 4 is 18.0 Å². The van der Waals surface area contributed by atoms with E-state index in [9.17, 15) is 14.4 Å². The molecule has 1 fully saturated rings. The Morgan fingerprint density at radius 2 is 2.05 bits per heavy atom. The molecular weight excluding hydrogens is 286 g/mol. The largest absolute Gasteiger partial charge is 0.481 e. The van der Waals surface area contributed by atoms with Crippen LogP contribution in [0.4, 0.5) is 4.79 Å². The number of aliphatic carboxylic acids is 1. The SMILES string of the molecule is C[C@@H](CCC(=O)O)C(=O)N1C(=O)OC[C@H]1Cc1ccccc1. The first kappa shape index (κ1) is 16.0. The number of nitrogens with zero attached hydrogens (tertiary/aromatic N) is 1. The fourth-order valence-corrected chi connectivity index (χ4v) is 2.47. The van der Waals surface area contributed by atoms with Crippen LogP contribution in [0.3, 0.4) is 0 Å². The summed E-state index contributed by atoms with van der Waals surface area (Å²) in [5.74, 6) is -1.85. The zero-order valence-electron chi connectivity index (χ0n) is 12.4. The van der Waals surface area contributed by atoms with Crippen LogP contribution >= 0.6 is 0 Å². The molecule has 1 aromatic carbocycles. The lowest BCUT2D eigenvalue weighted by atomic mass is 10.0.